The smallest absolute Gasteiger partial charge is 0.241 e. The number of allylic oxidation sites excluding steroid dienone is 3. The Labute approximate surface area is 110 Å². The zero-order chi connectivity index (χ0) is 13.5. The molecule has 100 valence electrons. The van der Waals surface area contributed by atoms with Crippen molar-refractivity contribution in [3.63, 3.8) is 0 Å². The summed E-state index contributed by atoms with van der Waals surface area (Å²) >= 11 is 0. The number of likely N-dealkylation sites (N-methyl/N-ethyl adjacent to an activating group) is 1. The van der Waals surface area contributed by atoms with Crippen LogP contribution < -0.4 is 0 Å². The first-order chi connectivity index (χ1) is 8.66. The second-order valence-electron chi connectivity index (χ2n) is 4.36. The van der Waals surface area contributed by atoms with E-state index in [0.717, 1.165) is 25.3 Å². The highest BCUT2D eigenvalue weighted by Crippen LogP contribution is 2.11. The maximum absolute atomic E-state index is 11.9. The molecule has 4 nitrogen and oxygen atoms in total. The maximum atomic E-state index is 11.9. The van der Waals surface area contributed by atoms with Crippen molar-refractivity contribution in [1.29, 1.82) is 0 Å². The van der Waals surface area contributed by atoms with E-state index in [-0.39, 0.29) is 5.91 Å². The van der Waals surface area contributed by atoms with Crippen LogP contribution in [0, 0.1) is 0 Å². The van der Waals surface area contributed by atoms with Crippen molar-refractivity contribution in [2.24, 2.45) is 4.99 Å². The Morgan fingerprint density at radius 3 is 2.61 bits per heavy atom. The highest BCUT2D eigenvalue weighted by molar-refractivity contribution is 5.90. The fourth-order valence-corrected chi connectivity index (χ4v) is 1.83. The van der Waals surface area contributed by atoms with Gasteiger partial charge in [-0.25, -0.2) is 0 Å². The number of amides is 1. The molecule has 0 radical (unpaired) electrons. The molecule has 0 spiro atoms. The van der Waals surface area contributed by atoms with Crippen LogP contribution in [0.1, 0.15) is 20.8 Å². The number of carbonyl (C=O) groups is 1. The molecule has 2 aliphatic heterocycles. The maximum Gasteiger partial charge on any atom is 0.241 e. The van der Waals surface area contributed by atoms with Crippen LogP contribution in [0.3, 0.4) is 0 Å². The third kappa shape index (κ3) is 3.81. The number of piperazine rings is 1. The van der Waals surface area contributed by atoms with Crippen molar-refractivity contribution in [2.75, 3.05) is 33.2 Å². The lowest BCUT2D eigenvalue weighted by atomic mass is 10.2. The van der Waals surface area contributed by atoms with Gasteiger partial charge < -0.3 is 4.90 Å². The fourth-order valence-electron chi connectivity index (χ4n) is 1.83. The third-order valence-corrected chi connectivity index (χ3v) is 2.83. The van der Waals surface area contributed by atoms with Crippen LogP contribution in [0.5, 0.6) is 0 Å². The van der Waals surface area contributed by atoms with Gasteiger partial charge in [-0.2, -0.15) is 0 Å². The van der Waals surface area contributed by atoms with E-state index in [2.05, 4.69) is 4.99 Å². The van der Waals surface area contributed by atoms with Gasteiger partial charge in [0.1, 0.15) is 0 Å². The topological polar surface area (TPSA) is 35.9 Å². The molecule has 0 N–H and O–H groups in total. The van der Waals surface area contributed by atoms with Gasteiger partial charge in [0, 0.05) is 19.3 Å². The Bertz CT molecular complexity index is 383. The van der Waals surface area contributed by atoms with Gasteiger partial charge in [0.2, 0.25) is 5.91 Å². The molecule has 0 aromatic heterocycles. The number of aliphatic imine (C=N–C) groups is 1. The van der Waals surface area contributed by atoms with E-state index in [1.807, 2.05) is 49.8 Å². The first kappa shape index (κ1) is 14.6. The van der Waals surface area contributed by atoms with Crippen LogP contribution in [0.2, 0.25) is 0 Å². The number of hydrogen-bond donors (Lipinski definition) is 0. The minimum absolute atomic E-state index is 0.152. The summed E-state index contributed by atoms with van der Waals surface area (Å²) in [5.74, 6) is 0.152. The molecule has 1 fully saturated rings. The molecule has 1 amide bonds. The summed E-state index contributed by atoms with van der Waals surface area (Å²) in [4.78, 5) is 20.0. The Kier molecular flexibility index (Phi) is 5.78. The lowest BCUT2D eigenvalue weighted by molar-refractivity contribution is -0.132. The molecule has 0 unspecified atom stereocenters. The number of carbonyl (C=O) groups excluding carboxylic acids is 1. The Hall–Kier alpha value is -1.42. The fraction of sp³-hybridized carbons (Fsp3) is 0.571. The van der Waals surface area contributed by atoms with Crippen LogP contribution in [-0.2, 0) is 4.79 Å². The molecule has 0 aliphatic carbocycles. The first-order valence-corrected chi connectivity index (χ1v) is 6.53. The monoisotopic (exact) mass is 249 g/mol. The number of nitrogens with zero attached hydrogens (tertiary/aromatic N) is 3. The van der Waals surface area contributed by atoms with Crippen molar-refractivity contribution < 1.29 is 4.79 Å². The van der Waals surface area contributed by atoms with Gasteiger partial charge in [-0.05, 0) is 20.0 Å². The van der Waals surface area contributed by atoms with E-state index in [1.54, 1.807) is 6.21 Å². The van der Waals surface area contributed by atoms with Gasteiger partial charge in [-0.3, -0.25) is 14.7 Å². The molecule has 18 heavy (non-hydrogen) atoms. The van der Waals surface area contributed by atoms with Crippen molar-refractivity contribution >= 4 is 12.1 Å². The second kappa shape index (κ2) is 7.11. The number of hydrogen-bond acceptors (Lipinski definition) is 3. The summed E-state index contributed by atoms with van der Waals surface area (Å²) in [6, 6.07) is 0. The molecule has 2 heterocycles. The quantitative estimate of drug-likeness (QED) is 0.709. The van der Waals surface area contributed by atoms with Crippen molar-refractivity contribution in [3.05, 3.63) is 23.4 Å². The lowest BCUT2D eigenvalue weighted by Gasteiger charge is -2.32. The molecule has 1 saturated heterocycles. The van der Waals surface area contributed by atoms with Gasteiger partial charge >= 0.3 is 0 Å². The van der Waals surface area contributed by atoms with Crippen molar-refractivity contribution in [1.82, 2.24) is 9.80 Å². The summed E-state index contributed by atoms with van der Waals surface area (Å²) < 4.78 is 0. The van der Waals surface area contributed by atoms with Crippen molar-refractivity contribution in [3.8, 4) is 0 Å². The van der Waals surface area contributed by atoms with Gasteiger partial charge in [-0.1, -0.05) is 25.5 Å². The minimum Gasteiger partial charge on any atom is -0.309 e. The first-order valence-electron chi connectivity index (χ1n) is 6.53. The van der Waals surface area contributed by atoms with Crippen LogP contribution >= 0.6 is 0 Å². The van der Waals surface area contributed by atoms with Crippen LogP contribution in [0.25, 0.3) is 0 Å². The molecular formula is C14H23N3O. The van der Waals surface area contributed by atoms with E-state index >= 15 is 0 Å². The third-order valence-electron chi connectivity index (χ3n) is 2.83. The molecule has 0 saturated carbocycles. The van der Waals surface area contributed by atoms with Gasteiger partial charge in [-0.15, -0.1) is 0 Å². The Morgan fingerprint density at radius 2 is 1.94 bits per heavy atom. The molecule has 0 bridgehead atoms. The molecule has 4 heteroatoms. The van der Waals surface area contributed by atoms with Crippen molar-refractivity contribution in [2.45, 2.75) is 20.8 Å². The predicted molar refractivity (Wildman–Crippen MR) is 75.8 cm³/mol. The van der Waals surface area contributed by atoms with Crippen LogP contribution in [0.4, 0.5) is 0 Å². The van der Waals surface area contributed by atoms with E-state index < -0.39 is 0 Å². The normalized spacial score (nSPS) is 20.7. The molecule has 0 aromatic rings. The average molecular weight is 249 g/mol. The summed E-state index contributed by atoms with van der Waals surface area (Å²) in [6.07, 6.45) is 5.82. The molecule has 0 atom stereocenters. The number of rotatable bonds is 1. The average Bonchev–Trinajstić information content (AvgIpc) is 2.57. The lowest BCUT2D eigenvalue weighted by Crippen LogP contribution is -2.48. The largest absolute Gasteiger partial charge is 0.309 e. The Balaban J connectivity index is 0.000000771. The summed E-state index contributed by atoms with van der Waals surface area (Å²) in [7, 11) is 1.97. The van der Waals surface area contributed by atoms with E-state index in [4.69, 9.17) is 0 Å². The molecular weight excluding hydrogens is 226 g/mol. The zero-order valence-corrected chi connectivity index (χ0v) is 11.8. The highest BCUT2D eigenvalue weighted by atomic mass is 16.2. The van der Waals surface area contributed by atoms with E-state index in [1.165, 1.54) is 5.57 Å². The second-order valence-corrected chi connectivity index (χ2v) is 4.36. The summed E-state index contributed by atoms with van der Waals surface area (Å²) in [6.45, 7) is 8.93. The van der Waals surface area contributed by atoms with Crippen LogP contribution in [0.15, 0.2) is 28.4 Å². The van der Waals surface area contributed by atoms with E-state index in [9.17, 15) is 4.79 Å². The molecule has 0 aromatic carbocycles. The standard InChI is InChI=1S/C12H17N3O.C2H6/c1-10-3-4-11(8-13-7-10)15-6-5-14(2)9-12(15)16;1-2/h3-4,8H,5-7,9H2,1-2H3;1-2H3. The summed E-state index contributed by atoms with van der Waals surface area (Å²) in [5, 5.41) is 0. The predicted octanol–water partition coefficient (Wildman–Crippen LogP) is 1.70. The van der Waals surface area contributed by atoms with E-state index in [0.29, 0.717) is 6.54 Å². The van der Waals surface area contributed by atoms with Crippen LogP contribution in [-0.4, -0.2) is 55.1 Å². The van der Waals surface area contributed by atoms with Gasteiger partial charge in [0.05, 0.1) is 18.8 Å². The zero-order valence-electron chi connectivity index (χ0n) is 11.8. The van der Waals surface area contributed by atoms with Gasteiger partial charge in [0.25, 0.3) is 0 Å². The molecule has 2 aliphatic rings. The van der Waals surface area contributed by atoms with Gasteiger partial charge in [0.15, 0.2) is 0 Å². The SMILES string of the molecule is CC.CC1=CC=C(N2CCN(C)CC2=O)C=NC1. The Morgan fingerprint density at radius 1 is 1.22 bits per heavy atom. The summed E-state index contributed by atoms with van der Waals surface area (Å²) in [5.41, 5.74) is 2.13. The molecule has 2 rings (SSSR count). The highest BCUT2D eigenvalue weighted by Gasteiger charge is 2.23. The minimum atomic E-state index is 0.152.